The van der Waals surface area contributed by atoms with Crippen LogP contribution in [0.15, 0.2) is 35.5 Å². The lowest BCUT2D eigenvalue weighted by molar-refractivity contribution is 0.0967. The monoisotopic (exact) mass is 595 g/mol. The molecule has 0 saturated heterocycles. The van der Waals surface area contributed by atoms with Crippen molar-refractivity contribution in [2.24, 2.45) is 0 Å². The molecule has 2 aromatic heterocycles. The second-order valence-electron chi connectivity index (χ2n) is 9.33. The molecule has 3 rings (SSSR count). The van der Waals surface area contributed by atoms with E-state index in [0.29, 0.717) is 17.8 Å². The van der Waals surface area contributed by atoms with E-state index in [2.05, 4.69) is 25.6 Å². The van der Waals surface area contributed by atoms with Crippen molar-refractivity contribution < 1.29 is 22.4 Å². The molecule has 39 heavy (non-hydrogen) atoms. The summed E-state index contributed by atoms with van der Waals surface area (Å²) in [5, 5.41) is 4.12. The third-order valence-electron chi connectivity index (χ3n) is 5.56. The number of amides is 3. The molecule has 0 bridgehead atoms. The van der Waals surface area contributed by atoms with E-state index in [1.165, 1.54) is 24.3 Å². The molecule has 0 aliphatic rings. The summed E-state index contributed by atoms with van der Waals surface area (Å²) in [6.07, 6.45) is 0.396. The number of hydrogen-bond acceptors (Lipinski definition) is 7. The average Bonchev–Trinajstić information content (AvgIpc) is 2.85. The fraction of sp³-hybridized carbons (Fsp3) is 0.346. The second-order valence-corrected chi connectivity index (χ2v) is 12.1. The van der Waals surface area contributed by atoms with Crippen LogP contribution in [-0.2, 0) is 9.84 Å². The molecule has 3 aromatic rings. The average molecular weight is 597 g/mol. The van der Waals surface area contributed by atoms with E-state index in [1.54, 1.807) is 40.7 Å². The van der Waals surface area contributed by atoms with Crippen molar-refractivity contribution in [1.82, 2.24) is 20.3 Å². The third kappa shape index (κ3) is 6.90. The summed E-state index contributed by atoms with van der Waals surface area (Å²) in [6, 6.07) is 6.07. The quantitative estimate of drug-likeness (QED) is 0.228. The van der Waals surface area contributed by atoms with Gasteiger partial charge in [0, 0.05) is 5.56 Å². The van der Waals surface area contributed by atoms with Gasteiger partial charge in [-0.3, -0.25) is 10.1 Å². The van der Waals surface area contributed by atoms with Crippen LogP contribution in [0.4, 0.5) is 14.9 Å². The van der Waals surface area contributed by atoms with Gasteiger partial charge < -0.3 is 5.32 Å². The maximum absolute atomic E-state index is 14.2. The van der Waals surface area contributed by atoms with Crippen molar-refractivity contribution in [3.63, 3.8) is 0 Å². The van der Waals surface area contributed by atoms with E-state index in [1.807, 2.05) is 0 Å². The lowest BCUT2D eigenvalue weighted by Gasteiger charge is -2.20. The summed E-state index contributed by atoms with van der Waals surface area (Å²) in [7, 11) is -3.72. The molecule has 13 heteroatoms. The van der Waals surface area contributed by atoms with Crippen LogP contribution in [0.1, 0.15) is 74.6 Å². The predicted molar refractivity (Wildman–Crippen MR) is 149 cm³/mol. The Bertz CT molecular complexity index is 1500. The molecule has 9 nitrogen and oxygen atoms in total. The van der Waals surface area contributed by atoms with Gasteiger partial charge in [-0.2, -0.15) is 0 Å². The molecule has 0 atom stereocenters. The summed E-state index contributed by atoms with van der Waals surface area (Å²) in [4.78, 5) is 38.4. The fourth-order valence-electron chi connectivity index (χ4n) is 3.72. The van der Waals surface area contributed by atoms with Crippen molar-refractivity contribution in [1.29, 1.82) is 0 Å². The zero-order chi connectivity index (χ0) is 29.1. The Morgan fingerprint density at radius 1 is 1.00 bits per heavy atom. The first-order chi connectivity index (χ1) is 18.3. The number of benzene rings is 1. The number of pyridine rings is 1. The number of aromatic nitrogens is 3. The molecular weight excluding hydrogens is 568 g/mol. The molecule has 0 spiro atoms. The van der Waals surface area contributed by atoms with Crippen LogP contribution in [0, 0.1) is 5.82 Å². The molecule has 0 fully saturated rings. The Labute approximate surface area is 236 Å². The minimum Gasteiger partial charge on any atom is -0.304 e. The van der Waals surface area contributed by atoms with Crippen LogP contribution in [-0.4, -0.2) is 41.1 Å². The summed E-state index contributed by atoms with van der Waals surface area (Å²) in [6.45, 7) is 8.91. The Hall–Kier alpha value is -3.15. The van der Waals surface area contributed by atoms with Crippen LogP contribution in [0.2, 0.25) is 10.2 Å². The van der Waals surface area contributed by atoms with E-state index in [4.69, 9.17) is 23.2 Å². The highest BCUT2D eigenvalue weighted by atomic mass is 35.5. The number of carbonyl (C=O) groups excluding carboxylic acids is 2. The first-order valence-corrected chi connectivity index (χ1v) is 14.5. The molecule has 2 N–H and O–H groups in total. The molecule has 3 amide bonds. The topological polar surface area (TPSA) is 131 Å². The lowest BCUT2D eigenvalue weighted by Crippen LogP contribution is -2.35. The second kappa shape index (κ2) is 12.4. The number of nitrogens with zero attached hydrogens (tertiary/aromatic N) is 3. The van der Waals surface area contributed by atoms with Gasteiger partial charge in [0.05, 0.1) is 39.1 Å². The van der Waals surface area contributed by atoms with Gasteiger partial charge in [-0.1, -0.05) is 70.0 Å². The normalized spacial score (nSPS) is 11.6. The largest absolute Gasteiger partial charge is 0.326 e. The summed E-state index contributed by atoms with van der Waals surface area (Å²) in [5.41, 5.74) is 0.756. The van der Waals surface area contributed by atoms with Crippen LogP contribution in [0.25, 0.3) is 11.3 Å². The number of carbonyl (C=O) groups is 2. The number of imide groups is 1. The van der Waals surface area contributed by atoms with Crippen molar-refractivity contribution in [3.05, 3.63) is 63.3 Å². The van der Waals surface area contributed by atoms with Crippen LogP contribution >= 0.6 is 23.2 Å². The number of sulfone groups is 1. The van der Waals surface area contributed by atoms with Gasteiger partial charge in [0.2, 0.25) is 15.0 Å². The highest BCUT2D eigenvalue weighted by Crippen LogP contribution is 2.33. The number of anilines is 1. The number of urea groups is 1. The van der Waals surface area contributed by atoms with Gasteiger partial charge >= 0.3 is 6.03 Å². The number of hydrogen-bond donors (Lipinski definition) is 2. The van der Waals surface area contributed by atoms with Crippen molar-refractivity contribution >= 4 is 50.7 Å². The number of nitrogens with one attached hydrogen (secondary N) is 2. The maximum Gasteiger partial charge on any atom is 0.326 e. The van der Waals surface area contributed by atoms with Crippen molar-refractivity contribution in [3.8, 4) is 11.3 Å². The molecule has 0 aliphatic carbocycles. The SMILES string of the molecule is CCCS(=O)(=O)c1nc(C(C)C)c(NC(=O)NC(=O)c2cc(Cl)c(-c3ccccc3F)nc2Cl)c(C(C)C)n1. The molecule has 208 valence electrons. The summed E-state index contributed by atoms with van der Waals surface area (Å²) >= 11 is 12.5. The Balaban J connectivity index is 1.93. The summed E-state index contributed by atoms with van der Waals surface area (Å²) in [5.74, 6) is -2.16. The van der Waals surface area contributed by atoms with Gasteiger partial charge in [0.1, 0.15) is 11.0 Å². The zero-order valence-electron chi connectivity index (χ0n) is 22.0. The Morgan fingerprint density at radius 2 is 1.59 bits per heavy atom. The van der Waals surface area contributed by atoms with Gasteiger partial charge in [-0.25, -0.2) is 32.6 Å². The minimum atomic E-state index is -3.72. The van der Waals surface area contributed by atoms with Gasteiger partial charge in [-0.05, 0) is 36.5 Å². The van der Waals surface area contributed by atoms with Gasteiger partial charge in [0.15, 0.2) is 0 Å². The highest BCUT2D eigenvalue weighted by molar-refractivity contribution is 7.91. The molecule has 0 unspecified atom stereocenters. The Morgan fingerprint density at radius 3 is 2.13 bits per heavy atom. The highest BCUT2D eigenvalue weighted by Gasteiger charge is 2.27. The Kier molecular flexibility index (Phi) is 9.63. The lowest BCUT2D eigenvalue weighted by atomic mass is 10.0. The van der Waals surface area contributed by atoms with Gasteiger partial charge in [-0.15, -0.1) is 0 Å². The molecule has 0 saturated carbocycles. The number of rotatable bonds is 8. The fourth-order valence-corrected chi connectivity index (χ4v) is 5.39. The van der Waals surface area contributed by atoms with Crippen molar-refractivity contribution in [2.75, 3.05) is 11.1 Å². The number of halogens is 3. The van der Waals surface area contributed by atoms with E-state index < -0.39 is 27.6 Å². The van der Waals surface area contributed by atoms with E-state index in [-0.39, 0.29) is 55.4 Å². The van der Waals surface area contributed by atoms with Crippen LogP contribution in [0.3, 0.4) is 0 Å². The molecule has 1 aromatic carbocycles. The smallest absolute Gasteiger partial charge is 0.304 e. The first-order valence-electron chi connectivity index (χ1n) is 12.1. The minimum absolute atomic E-state index is 0.0409. The molecule has 2 heterocycles. The van der Waals surface area contributed by atoms with E-state index in [0.717, 1.165) is 0 Å². The predicted octanol–water partition coefficient (Wildman–Crippen LogP) is 6.38. The first kappa shape index (κ1) is 30.4. The van der Waals surface area contributed by atoms with Crippen LogP contribution in [0.5, 0.6) is 0 Å². The zero-order valence-corrected chi connectivity index (χ0v) is 24.3. The van der Waals surface area contributed by atoms with E-state index in [9.17, 15) is 22.4 Å². The van der Waals surface area contributed by atoms with Gasteiger partial charge in [0.25, 0.3) is 5.91 Å². The molecular formula is C26H28Cl2FN5O4S. The molecule has 0 radical (unpaired) electrons. The standard InChI is InChI=1S/C26H28Cl2FN5O4S/c1-6-11-39(37,38)26-32-19(13(2)3)22(20(33-26)14(4)5)31-25(36)34-24(35)16-12-17(27)21(30-23(16)28)15-9-7-8-10-18(15)29/h7-10,12-14H,6,11H2,1-5H3,(H2,31,34,35,36). The maximum atomic E-state index is 14.2. The third-order valence-corrected chi connectivity index (χ3v) is 7.82. The van der Waals surface area contributed by atoms with E-state index >= 15 is 0 Å². The van der Waals surface area contributed by atoms with Crippen LogP contribution < -0.4 is 10.6 Å². The van der Waals surface area contributed by atoms with Crippen molar-refractivity contribution in [2.45, 2.75) is 58.0 Å². The molecule has 0 aliphatic heterocycles. The summed E-state index contributed by atoms with van der Waals surface area (Å²) < 4.78 is 39.6.